The van der Waals surface area contributed by atoms with Crippen LogP contribution in [0.15, 0.2) is 59.3 Å². The van der Waals surface area contributed by atoms with Gasteiger partial charge in [-0.1, -0.05) is 49.9 Å². The molecule has 0 saturated heterocycles. The summed E-state index contributed by atoms with van der Waals surface area (Å²) in [5.41, 5.74) is 4.54. The maximum atomic E-state index is 4.79. The Hall–Kier alpha value is -2.51. The molecule has 0 amide bonds. The van der Waals surface area contributed by atoms with Crippen molar-refractivity contribution in [2.45, 2.75) is 30.7 Å². The van der Waals surface area contributed by atoms with Gasteiger partial charge in [0.1, 0.15) is 5.01 Å². The van der Waals surface area contributed by atoms with E-state index in [0.717, 1.165) is 33.0 Å². The Morgan fingerprint density at radius 1 is 1.07 bits per heavy atom. The molecule has 3 aromatic heterocycles. The summed E-state index contributed by atoms with van der Waals surface area (Å²) in [7, 11) is 1.98. The smallest absolute Gasteiger partial charge is 0.191 e. The van der Waals surface area contributed by atoms with Crippen LogP contribution >= 0.6 is 23.1 Å². The van der Waals surface area contributed by atoms with Crippen molar-refractivity contribution in [3.05, 3.63) is 65.4 Å². The molecule has 0 unspecified atom stereocenters. The maximum absolute atomic E-state index is 4.79. The fourth-order valence-corrected chi connectivity index (χ4v) is 4.58. The minimum absolute atomic E-state index is 0.542. The molecular formula is C21H21N5S2. The van der Waals surface area contributed by atoms with Gasteiger partial charge in [-0.15, -0.1) is 21.5 Å². The Balaban J connectivity index is 1.45. The molecule has 28 heavy (non-hydrogen) atoms. The van der Waals surface area contributed by atoms with E-state index in [4.69, 9.17) is 4.98 Å². The van der Waals surface area contributed by atoms with Crippen LogP contribution in [0.2, 0.25) is 0 Å². The summed E-state index contributed by atoms with van der Waals surface area (Å²) in [6.07, 6.45) is 3.56. The van der Waals surface area contributed by atoms with Gasteiger partial charge in [0.15, 0.2) is 11.0 Å². The first-order chi connectivity index (χ1) is 13.6. The normalized spacial score (nSPS) is 11.3. The number of rotatable bonds is 6. The van der Waals surface area contributed by atoms with Crippen molar-refractivity contribution in [2.24, 2.45) is 7.05 Å². The van der Waals surface area contributed by atoms with E-state index in [1.807, 2.05) is 23.7 Å². The summed E-state index contributed by atoms with van der Waals surface area (Å²) >= 11 is 3.33. The van der Waals surface area contributed by atoms with E-state index < -0.39 is 0 Å². The Morgan fingerprint density at radius 3 is 2.61 bits per heavy atom. The van der Waals surface area contributed by atoms with Crippen LogP contribution in [0.3, 0.4) is 0 Å². The minimum atomic E-state index is 0.542. The first kappa shape index (κ1) is 18.8. The number of aromatic nitrogens is 5. The summed E-state index contributed by atoms with van der Waals surface area (Å²) < 4.78 is 2.00. The summed E-state index contributed by atoms with van der Waals surface area (Å²) in [4.78, 5) is 8.95. The topological polar surface area (TPSA) is 56.5 Å². The average molecular weight is 408 g/mol. The zero-order chi connectivity index (χ0) is 19.5. The second-order valence-electron chi connectivity index (χ2n) is 6.82. The van der Waals surface area contributed by atoms with Gasteiger partial charge in [-0.25, -0.2) is 4.98 Å². The second kappa shape index (κ2) is 8.24. The molecule has 0 atom stereocenters. The van der Waals surface area contributed by atoms with E-state index in [2.05, 4.69) is 58.7 Å². The third kappa shape index (κ3) is 4.00. The van der Waals surface area contributed by atoms with Gasteiger partial charge in [0.2, 0.25) is 0 Å². The van der Waals surface area contributed by atoms with Gasteiger partial charge in [0, 0.05) is 41.7 Å². The average Bonchev–Trinajstić information content (AvgIpc) is 3.34. The van der Waals surface area contributed by atoms with Crippen molar-refractivity contribution in [3.63, 3.8) is 0 Å². The highest BCUT2D eigenvalue weighted by Crippen LogP contribution is 2.29. The summed E-state index contributed by atoms with van der Waals surface area (Å²) in [6, 6.07) is 12.6. The van der Waals surface area contributed by atoms with E-state index in [0.29, 0.717) is 5.92 Å². The molecule has 0 aliphatic heterocycles. The highest BCUT2D eigenvalue weighted by Gasteiger charge is 2.13. The lowest BCUT2D eigenvalue weighted by Crippen LogP contribution is -1.95. The molecule has 0 fully saturated rings. The fraction of sp³-hybridized carbons (Fsp3) is 0.238. The molecule has 4 aromatic rings. The lowest BCUT2D eigenvalue weighted by atomic mass is 10.0. The van der Waals surface area contributed by atoms with Crippen LogP contribution < -0.4 is 0 Å². The molecule has 0 aliphatic rings. The number of benzene rings is 1. The van der Waals surface area contributed by atoms with Gasteiger partial charge >= 0.3 is 0 Å². The SMILES string of the molecule is CC(C)c1ccc(-c2nc(CSc3nnc(-c4cccnc4)n3C)cs2)cc1. The van der Waals surface area contributed by atoms with Gasteiger partial charge in [-0.05, 0) is 23.6 Å². The Bertz CT molecular complexity index is 1050. The van der Waals surface area contributed by atoms with Crippen molar-refractivity contribution < 1.29 is 0 Å². The zero-order valence-electron chi connectivity index (χ0n) is 16.0. The molecule has 3 heterocycles. The highest BCUT2D eigenvalue weighted by molar-refractivity contribution is 7.98. The molecule has 5 nitrogen and oxygen atoms in total. The first-order valence-electron chi connectivity index (χ1n) is 9.09. The van der Waals surface area contributed by atoms with Crippen LogP contribution in [-0.2, 0) is 12.8 Å². The van der Waals surface area contributed by atoms with Crippen molar-refractivity contribution in [1.82, 2.24) is 24.7 Å². The molecule has 0 bridgehead atoms. The van der Waals surface area contributed by atoms with Gasteiger partial charge in [-0.3, -0.25) is 4.98 Å². The van der Waals surface area contributed by atoms with E-state index in [-0.39, 0.29) is 0 Å². The van der Waals surface area contributed by atoms with Crippen LogP contribution in [-0.4, -0.2) is 24.7 Å². The molecule has 0 spiro atoms. The number of thiazole rings is 1. The van der Waals surface area contributed by atoms with Gasteiger partial charge < -0.3 is 4.57 Å². The molecule has 4 rings (SSSR count). The molecule has 7 heteroatoms. The van der Waals surface area contributed by atoms with E-state index in [1.54, 1.807) is 35.5 Å². The van der Waals surface area contributed by atoms with Gasteiger partial charge in [0.05, 0.1) is 5.69 Å². The third-order valence-electron chi connectivity index (χ3n) is 4.48. The first-order valence-corrected chi connectivity index (χ1v) is 11.0. The van der Waals surface area contributed by atoms with Crippen LogP contribution in [0.25, 0.3) is 22.0 Å². The Labute approximate surface area is 172 Å². The molecule has 0 saturated carbocycles. The molecule has 142 valence electrons. The van der Waals surface area contributed by atoms with Crippen molar-refractivity contribution in [3.8, 4) is 22.0 Å². The van der Waals surface area contributed by atoms with E-state index >= 15 is 0 Å². The largest absolute Gasteiger partial charge is 0.305 e. The van der Waals surface area contributed by atoms with Crippen LogP contribution in [0.1, 0.15) is 31.0 Å². The molecule has 1 aromatic carbocycles. The molecule has 0 N–H and O–H groups in total. The number of hydrogen-bond acceptors (Lipinski definition) is 6. The summed E-state index contributed by atoms with van der Waals surface area (Å²) in [6.45, 7) is 4.42. The van der Waals surface area contributed by atoms with E-state index in [9.17, 15) is 0 Å². The lowest BCUT2D eigenvalue weighted by molar-refractivity contribution is 0.793. The van der Waals surface area contributed by atoms with Crippen molar-refractivity contribution in [1.29, 1.82) is 0 Å². The minimum Gasteiger partial charge on any atom is -0.305 e. The number of thioether (sulfide) groups is 1. The lowest BCUT2D eigenvalue weighted by Gasteiger charge is -2.05. The van der Waals surface area contributed by atoms with Crippen molar-refractivity contribution in [2.75, 3.05) is 0 Å². The zero-order valence-corrected chi connectivity index (χ0v) is 17.7. The number of pyridine rings is 1. The third-order valence-corrected chi connectivity index (χ3v) is 6.47. The number of hydrogen-bond donors (Lipinski definition) is 0. The molecule has 0 aliphatic carbocycles. The Morgan fingerprint density at radius 2 is 1.89 bits per heavy atom. The maximum Gasteiger partial charge on any atom is 0.191 e. The fourth-order valence-electron chi connectivity index (χ4n) is 2.84. The van der Waals surface area contributed by atoms with Crippen LogP contribution in [0, 0.1) is 0 Å². The van der Waals surface area contributed by atoms with Crippen molar-refractivity contribution >= 4 is 23.1 Å². The summed E-state index contributed by atoms with van der Waals surface area (Å²) in [5, 5.41) is 12.7. The standard InChI is InChI=1S/C21H21N5S2/c1-14(2)15-6-8-16(9-7-15)20-23-18(12-27-20)13-28-21-25-24-19(26(21)3)17-5-4-10-22-11-17/h4-12,14H,13H2,1-3H3. The van der Waals surface area contributed by atoms with Gasteiger partial charge in [0.25, 0.3) is 0 Å². The van der Waals surface area contributed by atoms with E-state index in [1.165, 1.54) is 11.1 Å². The quantitative estimate of drug-likeness (QED) is 0.400. The van der Waals surface area contributed by atoms with Gasteiger partial charge in [-0.2, -0.15) is 0 Å². The highest BCUT2D eigenvalue weighted by atomic mass is 32.2. The predicted molar refractivity (Wildman–Crippen MR) is 115 cm³/mol. The monoisotopic (exact) mass is 407 g/mol. The molecule has 0 radical (unpaired) electrons. The molecular weight excluding hydrogens is 386 g/mol. The second-order valence-corrected chi connectivity index (χ2v) is 8.62. The van der Waals surface area contributed by atoms with Crippen LogP contribution in [0.4, 0.5) is 0 Å². The van der Waals surface area contributed by atoms with Crippen LogP contribution in [0.5, 0.6) is 0 Å². The summed E-state index contributed by atoms with van der Waals surface area (Å²) in [5.74, 6) is 2.12. The Kier molecular flexibility index (Phi) is 5.54. The number of nitrogens with zero attached hydrogens (tertiary/aromatic N) is 5. The predicted octanol–water partition coefficient (Wildman–Crippen LogP) is 5.42.